The molecule has 3 aromatic rings. The van der Waals surface area contributed by atoms with Crippen LogP contribution in [0.25, 0.3) is 0 Å². The van der Waals surface area contributed by atoms with E-state index in [0.29, 0.717) is 16.4 Å². The summed E-state index contributed by atoms with van der Waals surface area (Å²) in [6, 6.07) is 9.15. The number of benzene rings is 1. The standard InChI is InChI=1S/C18H15FN4O3S/c1-11(24)22-18-23-15(10-27-18)16(25)21-9-12-4-3-7-20-17(12)26-14-6-2-5-13(19)8-14/h2-8,10H,9H2,1H3,(H,21,25)(H,22,23,24). The maximum absolute atomic E-state index is 13.3. The summed E-state index contributed by atoms with van der Waals surface area (Å²) in [6.07, 6.45) is 1.54. The van der Waals surface area contributed by atoms with E-state index in [9.17, 15) is 14.0 Å². The van der Waals surface area contributed by atoms with Gasteiger partial charge in [0.15, 0.2) is 5.13 Å². The van der Waals surface area contributed by atoms with E-state index < -0.39 is 11.7 Å². The molecule has 138 valence electrons. The first-order valence-corrected chi connectivity index (χ1v) is 8.78. The molecule has 0 unspecified atom stereocenters. The van der Waals surface area contributed by atoms with Gasteiger partial charge in [0.25, 0.3) is 5.91 Å². The maximum Gasteiger partial charge on any atom is 0.271 e. The van der Waals surface area contributed by atoms with Crippen molar-refractivity contribution in [3.8, 4) is 11.6 Å². The molecule has 7 nitrogen and oxygen atoms in total. The number of aromatic nitrogens is 2. The van der Waals surface area contributed by atoms with Crippen LogP contribution < -0.4 is 15.4 Å². The molecule has 0 bridgehead atoms. The van der Waals surface area contributed by atoms with Gasteiger partial charge in [0.05, 0.1) is 0 Å². The molecule has 2 aromatic heterocycles. The molecule has 1 aromatic carbocycles. The summed E-state index contributed by atoms with van der Waals surface area (Å²) in [4.78, 5) is 31.4. The molecule has 0 fully saturated rings. The normalized spacial score (nSPS) is 10.3. The third-order valence-electron chi connectivity index (χ3n) is 3.32. The topological polar surface area (TPSA) is 93.2 Å². The summed E-state index contributed by atoms with van der Waals surface area (Å²) in [5, 5.41) is 7.14. The van der Waals surface area contributed by atoms with Crippen LogP contribution >= 0.6 is 11.3 Å². The second-order valence-corrected chi connectivity index (χ2v) is 6.29. The molecule has 0 spiro atoms. The minimum Gasteiger partial charge on any atom is -0.439 e. The van der Waals surface area contributed by atoms with Gasteiger partial charge in [-0.2, -0.15) is 0 Å². The first-order valence-electron chi connectivity index (χ1n) is 7.90. The van der Waals surface area contributed by atoms with E-state index in [1.165, 1.54) is 25.1 Å². The zero-order valence-corrected chi connectivity index (χ0v) is 15.0. The number of nitrogens with zero attached hydrogens (tertiary/aromatic N) is 2. The number of pyridine rings is 1. The number of ether oxygens (including phenoxy) is 1. The largest absolute Gasteiger partial charge is 0.439 e. The maximum atomic E-state index is 13.3. The molecule has 0 saturated heterocycles. The van der Waals surface area contributed by atoms with E-state index in [-0.39, 0.29) is 24.0 Å². The van der Waals surface area contributed by atoms with E-state index in [4.69, 9.17) is 4.74 Å². The number of carbonyl (C=O) groups excluding carboxylic acids is 2. The van der Waals surface area contributed by atoms with Crippen molar-refractivity contribution in [1.82, 2.24) is 15.3 Å². The van der Waals surface area contributed by atoms with Crippen LogP contribution in [0.3, 0.4) is 0 Å². The van der Waals surface area contributed by atoms with Gasteiger partial charge in [-0.3, -0.25) is 9.59 Å². The smallest absolute Gasteiger partial charge is 0.271 e. The van der Waals surface area contributed by atoms with E-state index in [0.717, 1.165) is 11.3 Å². The highest BCUT2D eigenvalue weighted by molar-refractivity contribution is 7.14. The fraction of sp³-hybridized carbons (Fsp3) is 0.111. The molecule has 0 saturated carbocycles. The number of hydrogen-bond donors (Lipinski definition) is 2. The SMILES string of the molecule is CC(=O)Nc1nc(C(=O)NCc2cccnc2Oc2cccc(F)c2)cs1. The number of thiazole rings is 1. The van der Waals surface area contributed by atoms with Crippen molar-refractivity contribution in [2.24, 2.45) is 0 Å². The lowest BCUT2D eigenvalue weighted by Gasteiger charge is -2.10. The van der Waals surface area contributed by atoms with Crippen LogP contribution in [-0.2, 0) is 11.3 Å². The molecule has 2 N–H and O–H groups in total. The molecule has 0 radical (unpaired) electrons. The number of hydrogen-bond acceptors (Lipinski definition) is 6. The van der Waals surface area contributed by atoms with Crippen LogP contribution in [0.1, 0.15) is 23.0 Å². The second kappa shape index (κ2) is 8.37. The number of nitrogens with one attached hydrogen (secondary N) is 2. The summed E-state index contributed by atoms with van der Waals surface area (Å²) in [7, 11) is 0. The van der Waals surface area contributed by atoms with Gasteiger partial charge < -0.3 is 15.4 Å². The minimum absolute atomic E-state index is 0.143. The van der Waals surface area contributed by atoms with E-state index in [2.05, 4.69) is 20.6 Å². The Morgan fingerprint density at radius 1 is 1.26 bits per heavy atom. The van der Waals surface area contributed by atoms with Crippen molar-refractivity contribution in [3.05, 3.63) is 65.0 Å². The molecule has 0 aliphatic heterocycles. The minimum atomic E-state index is -0.420. The fourth-order valence-corrected chi connectivity index (χ4v) is 2.88. The molecule has 27 heavy (non-hydrogen) atoms. The Labute approximate surface area is 158 Å². The van der Waals surface area contributed by atoms with Gasteiger partial charge in [0.1, 0.15) is 17.3 Å². The highest BCUT2D eigenvalue weighted by atomic mass is 32.1. The Morgan fingerprint density at radius 3 is 2.89 bits per heavy atom. The Kier molecular flexibility index (Phi) is 5.72. The zero-order valence-electron chi connectivity index (χ0n) is 14.2. The van der Waals surface area contributed by atoms with Crippen LogP contribution in [0.2, 0.25) is 0 Å². The summed E-state index contributed by atoms with van der Waals surface area (Å²) in [5.41, 5.74) is 0.813. The highest BCUT2D eigenvalue weighted by Crippen LogP contribution is 2.23. The monoisotopic (exact) mass is 386 g/mol. The fourth-order valence-electron chi connectivity index (χ4n) is 2.14. The number of amides is 2. The van der Waals surface area contributed by atoms with Gasteiger partial charge in [0.2, 0.25) is 11.8 Å². The molecule has 2 heterocycles. The lowest BCUT2D eigenvalue weighted by Crippen LogP contribution is -2.23. The van der Waals surface area contributed by atoms with E-state index in [1.807, 2.05) is 0 Å². The van der Waals surface area contributed by atoms with Crippen molar-refractivity contribution in [1.29, 1.82) is 0 Å². The van der Waals surface area contributed by atoms with Gasteiger partial charge in [0, 0.05) is 36.7 Å². The molecule has 2 amide bonds. The molecule has 3 rings (SSSR count). The summed E-state index contributed by atoms with van der Waals surface area (Å²) >= 11 is 1.16. The lowest BCUT2D eigenvalue weighted by atomic mass is 10.2. The van der Waals surface area contributed by atoms with E-state index in [1.54, 1.807) is 29.8 Å². The van der Waals surface area contributed by atoms with Crippen LogP contribution in [0.4, 0.5) is 9.52 Å². The van der Waals surface area contributed by atoms with Crippen molar-refractivity contribution in [3.63, 3.8) is 0 Å². The van der Waals surface area contributed by atoms with Gasteiger partial charge in [-0.1, -0.05) is 12.1 Å². The zero-order chi connectivity index (χ0) is 19.2. The molecule has 0 aliphatic carbocycles. The van der Waals surface area contributed by atoms with E-state index >= 15 is 0 Å². The van der Waals surface area contributed by atoms with Gasteiger partial charge in [-0.25, -0.2) is 14.4 Å². The van der Waals surface area contributed by atoms with Crippen LogP contribution in [0, 0.1) is 5.82 Å². The third kappa shape index (κ3) is 5.08. The summed E-state index contributed by atoms with van der Waals surface area (Å²) in [6.45, 7) is 1.51. The van der Waals surface area contributed by atoms with Crippen molar-refractivity contribution < 1.29 is 18.7 Å². The summed E-state index contributed by atoms with van der Waals surface area (Å²) < 4.78 is 18.9. The molecular weight excluding hydrogens is 371 g/mol. The van der Waals surface area contributed by atoms with Crippen LogP contribution in [0.15, 0.2) is 48.0 Å². The highest BCUT2D eigenvalue weighted by Gasteiger charge is 2.13. The molecule has 9 heteroatoms. The Bertz CT molecular complexity index is 977. The number of halogens is 1. The van der Waals surface area contributed by atoms with Crippen LogP contribution in [-0.4, -0.2) is 21.8 Å². The van der Waals surface area contributed by atoms with Crippen molar-refractivity contribution in [2.75, 3.05) is 5.32 Å². The van der Waals surface area contributed by atoms with Gasteiger partial charge in [-0.15, -0.1) is 11.3 Å². The Morgan fingerprint density at radius 2 is 2.11 bits per heavy atom. The molecule has 0 aliphatic rings. The predicted octanol–water partition coefficient (Wildman–Crippen LogP) is 3.36. The number of carbonyl (C=O) groups is 2. The first-order chi connectivity index (χ1) is 13.0. The van der Waals surface area contributed by atoms with Crippen molar-refractivity contribution >= 4 is 28.3 Å². The molecular formula is C18H15FN4O3S. The first kappa shape index (κ1) is 18.5. The number of rotatable bonds is 6. The molecule has 0 atom stereocenters. The Balaban J connectivity index is 1.66. The van der Waals surface area contributed by atoms with Gasteiger partial charge >= 0.3 is 0 Å². The quantitative estimate of drug-likeness (QED) is 0.678. The van der Waals surface area contributed by atoms with Crippen LogP contribution in [0.5, 0.6) is 11.6 Å². The number of anilines is 1. The average Bonchev–Trinajstić information content (AvgIpc) is 3.08. The third-order valence-corrected chi connectivity index (χ3v) is 4.08. The van der Waals surface area contributed by atoms with Gasteiger partial charge in [-0.05, 0) is 18.2 Å². The predicted molar refractivity (Wildman–Crippen MR) is 98.3 cm³/mol. The lowest BCUT2D eigenvalue weighted by molar-refractivity contribution is -0.114. The summed E-state index contributed by atoms with van der Waals surface area (Å²) in [5.74, 6) is -0.507. The Hall–Kier alpha value is -3.33. The van der Waals surface area contributed by atoms with Crippen molar-refractivity contribution in [2.45, 2.75) is 13.5 Å². The average molecular weight is 386 g/mol. The second-order valence-electron chi connectivity index (χ2n) is 5.43.